The molecule has 0 radical (unpaired) electrons. The maximum atomic E-state index is 5.68. The van der Waals surface area contributed by atoms with E-state index in [1.807, 2.05) is 24.6 Å². The van der Waals surface area contributed by atoms with Gasteiger partial charge in [-0.2, -0.15) is 0 Å². The molecule has 0 spiro atoms. The maximum absolute atomic E-state index is 5.68. The molecule has 27 heavy (non-hydrogen) atoms. The van der Waals surface area contributed by atoms with E-state index >= 15 is 0 Å². The Labute approximate surface area is 177 Å². The Bertz CT molecular complexity index is 707. The lowest BCUT2D eigenvalue weighted by molar-refractivity contribution is 0.215. The van der Waals surface area contributed by atoms with Gasteiger partial charge in [-0.1, -0.05) is 0 Å². The van der Waals surface area contributed by atoms with Crippen LogP contribution in [0.25, 0.3) is 0 Å². The zero-order valence-electron chi connectivity index (χ0n) is 16.3. The zero-order chi connectivity index (χ0) is 18.4. The highest BCUT2D eigenvalue weighted by molar-refractivity contribution is 14.0. The Morgan fingerprint density at radius 1 is 1.30 bits per heavy atom. The van der Waals surface area contributed by atoms with E-state index in [1.54, 1.807) is 6.26 Å². The summed E-state index contributed by atoms with van der Waals surface area (Å²) in [6, 6.07) is 4.22. The Morgan fingerprint density at radius 2 is 2.07 bits per heavy atom. The van der Waals surface area contributed by atoms with Crippen LogP contribution in [0, 0.1) is 6.92 Å². The molecule has 1 saturated heterocycles. The summed E-state index contributed by atoms with van der Waals surface area (Å²) in [6.07, 6.45) is 4.24. The van der Waals surface area contributed by atoms with Gasteiger partial charge in [0.1, 0.15) is 18.1 Å². The molecule has 0 amide bonds. The van der Waals surface area contributed by atoms with Crippen molar-refractivity contribution < 1.29 is 4.42 Å². The molecule has 1 aliphatic heterocycles. The Hall–Kier alpha value is -1.62. The van der Waals surface area contributed by atoms with Crippen molar-refractivity contribution in [3.8, 4) is 0 Å². The van der Waals surface area contributed by atoms with Gasteiger partial charge in [0.05, 0.1) is 12.3 Å². The molecular weight excluding hydrogens is 457 g/mol. The van der Waals surface area contributed by atoms with Gasteiger partial charge in [-0.15, -0.1) is 34.2 Å². The van der Waals surface area contributed by atoms with E-state index in [-0.39, 0.29) is 30.0 Å². The first-order chi connectivity index (χ1) is 12.7. The topological polar surface area (TPSA) is 83.5 Å². The van der Waals surface area contributed by atoms with Crippen LogP contribution in [-0.2, 0) is 13.6 Å². The summed E-state index contributed by atoms with van der Waals surface area (Å²) in [5, 5.41) is 15.0. The fourth-order valence-corrected chi connectivity index (χ4v) is 3.22. The number of hydrogen-bond acceptors (Lipinski definition) is 5. The van der Waals surface area contributed by atoms with Crippen LogP contribution < -0.4 is 10.6 Å². The van der Waals surface area contributed by atoms with Crippen LogP contribution >= 0.6 is 24.0 Å². The van der Waals surface area contributed by atoms with Crippen LogP contribution in [-0.4, -0.2) is 51.8 Å². The van der Waals surface area contributed by atoms with E-state index in [1.165, 1.54) is 12.8 Å². The van der Waals surface area contributed by atoms with Crippen LogP contribution in [0.4, 0.5) is 0 Å². The molecule has 0 aliphatic carbocycles. The second-order valence-electron chi connectivity index (χ2n) is 6.57. The van der Waals surface area contributed by atoms with E-state index < -0.39 is 0 Å². The SMILES string of the molecule is CCNC(=NCc1nnc(C)n1C)NCC(c1ccco1)N1CCCC1.I. The van der Waals surface area contributed by atoms with Crippen LogP contribution in [0.1, 0.15) is 43.2 Å². The average Bonchev–Trinajstić information content (AvgIpc) is 3.39. The van der Waals surface area contributed by atoms with E-state index in [2.05, 4.69) is 43.7 Å². The fraction of sp³-hybridized carbons (Fsp3) is 0.611. The first-order valence-electron chi connectivity index (χ1n) is 9.33. The van der Waals surface area contributed by atoms with E-state index in [0.29, 0.717) is 6.54 Å². The van der Waals surface area contributed by atoms with Gasteiger partial charge in [-0.05, 0) is 51.9 Å². The van der Waals surface area contributed by atoms with Crippen molar-refractivity contribution >= 4 is 29.9 Å². The third-order valence-corrected chi connectivity index (χ3v) is 4.82. The number of aliphatic imine (C=N–C) groups is 1. The number of hydrogen-bond donors (Lipinski definition) is 2. The summed E-state index contributed by atoms with van der Waals surface area (Å²) in [5.74, 6) is 3.52. The molecular formula is C18H30IN7O. The van der Waals surface area contributed by atoms with Gasteiger partial charge in [0, 0.05) is 20.1 Å². The lowest BCUT2D eigenvalue weighted by atomic mass is 10.2. The summed E-state index contributed by atoms with van der Waals surface area (Å²) < 4.78 is 7.65. The Kier molecular flexibility index (Phi) is 8.55. The molecule has 3 rings (SSSR count). The molecule has 2 aromatic heterocycles. The van der Waals surface area contributed by atoms with Crippen LogP contribution in [0.2, 0.25) is 0 Å². The molecule has 1 fully saturated rings. The third-order valence-electron chi connectivity index (χ3n) is 4.82. The summed E-state index contributed by atoms with van der Waals surface area (Å²) in [5.41, 5.74) is 0. The summed E-state index contributed by atoms with van der Waals surface area (Å²) in [7, 11) is 1.96. The van der Waals surface area contributed by atoms with Crippen LogP contribution in [0.5, 0.6) is 0 Å². The third kappa shape index (κ3) is 5.68. The number of aromatic nitrogens is 3. The molecule has 0 bridgehead atoms. The lowest BCUT2D eigenvalue weighted by Gasteiger charge is -2.26. The minimum absolute atomic E-state index is 0. The van der Waals surface area contributed by atoms with E-state index in [4.69, 9.17) is 4.42 Å². The molecule has 2 N–H and O–H groups in total. The molecule has 1 unspecified atom stereocenters. The first-order valence-corrected chi connectivity index (χ1v) is 9.33. The average molecular weight is 487 g/mol. The molecule has 0 saturated carbocycles. The van der Waals surface area contributed by atoms with Gasteiger partial charge >= 0.3 is 0 Å². The summed E-state index contributed by atoms with van der Waals surface area (Å²) in [4.78, 5) is 7.13. The van der Waals surface area contributed by atoms with Crippen molar-refractivity contribution in [2.24, 2.45) is 12.0 Å². The van der Waals surface area contributed by atoms with Gasteiger partial charge in [-0.3, -0.25) is 4.90 Å². The zero-order valence-corrected chi connectivity index (χ0v) is 18.6. The van der Waals surface area contributed by atoms with Crippen LogP contribution in [0.15, 0.2) is 27.8 Å². The molecule has 1 aliphatic rings. The maximum Gasteiger partial charge on any atom is 0.191 e. The number of halogens is 1. The smallest absolute Gasteiger partial charge is 0.191 e. The second-order valence-corrected chi connectivity index (χ2v) is 6.57. The second kappa shape index (κ2) is 10.6. The number of furan rings is 1. The molecule has 2 aromatic rings. The highest BCUT2D eigenvalue weighted by Gasteiger charge is 2.25. The van der Waals surface area contributed by atoms with E-state index in [9.17, 15) is 0 Å². The minimum atomic E-state index is 0. The number of guanidine groups is 1. The molecule has 3 heterocycles. The first kappa shape index (κ1) is 21.7. The van der Waals surface area contributed by atoms with Gasteiger partial charge in [0.2, 0.25) is 0 Å². The van der Waals surface area contributed by atoms with Crippen molar-refractivity contribution in [2.45, 2.75) is 39.3 Å². The van der Waals surface area contributed by atoms with Crippen LogP contribution in [0.3, 0.4) is 0 Å². The summed E-state index contributed by atoms with van der Waals surface area (Å²) in [6.45, 7) is 8.26. The Morgan fingerprint density at radius 3 is 2.67 bits per heavy atom. The van der Waals surface area contributed by atoms with Crippen molar-refractivity contribution in [3.05, 3.63) is 35.8 Å². The number of rotatable bonds is 7. The van der Waals surface area contributed by atoms with Gasteiger partial charge in [0.25, 0.3) is 0 Å². The van der Waals surface area contributed by atoms with Crippen molar-refractivity contribution in [1.82, 2.24) is 30.3 Å². The molecule has 8 nitrogen and oxygen atoms in total. The van der Waals surface area contributed by atoms with Gasteiger partial charge < -0.3 is 19.6 Å². The highest BCUT2D eigenvalue weighted by Crippen LogP contribution is 2.24. The number of nitrogens with zero attached hydrogens (tertiary/aromatic N) is 5. The van der Waals surface area contributed by atoms with Crippen molar-refractivity contribution in [3.63, 3.8) is 0 Å². The molecule has 9 heteroatoms. The van der Waals surface area contributed by atoms with Crippen molar-refractivity contribution in [1.29, 1.82) is 0 Å². The van der Waals surface area contributed by atoms with Crippen molar-refractivity contribution in [2.75, 3.05) is 26.2 Å². The predicted molar refractivity (Wildman–Crippen MR) is 116 cm³/mol. The Balaban J connectivity index is 0.00000261. The lowest BCUT2D eigenvalue weighted by Crippen LogP contribution is -2.42. The predicted octanol–water partition coefficient (Wildman–Crippen LogP) is 2.23. The monoisotopic (exact) mass is 487 g/mol. The van der Waals surface area contributed by atoms with Gasteiger partial charge in [0.15, 0.2) is 11.8 Å². The standard InChI is InChI=1S/C18H29N7O.HI/c1-4-19-18(21-13-17-23-22-14(2)24(17)3)20-12-15(16-8-7-11-26-16)25-9-5-6-10-25;/h7-8,11,15H,4-6,9-10,12-13H2,1-3H3,(H2,19,20,21);1H. The minimum Gasteiger partial charge on any atom is -0.468 e. The highest BCUT2D eigenvalue weighted by atomic mass is 127. The normalized spacial score (nSPS) is 16.2. The fourth-order valence-electron chi connectivity index (χ4n) is 3.22. The quantitative estimate of drug-likeness (QED) is 0.354. The summed E-state index contributed by atoms with van der Waals surface area (Å²) >= 11 is 0. The molecule has 1 atom stereocenters. The number of nitrogens with one attached hydrogen (secondary N) is 2. The van der Waals surface area contributed by atoms with Gasteiger partial charge in [-0.25, -0.2) is 4.99 Å². The largest absolute Gasteiger partial charge is 0.468 e. The number of aryl methyl sites for hydroxylation is 1. The molecule has 0 aromatic carbocycles. The number of likely N-dealkylation sites (tertiary alicyclic amines) is 1. The molecule has 150 valence electrons. The van der Waals surface area contributed by atoms with E-state index in [0.717, 1.165) is 49.5 Å².